The predicted molar refractivity (Wildman–Crippen MR) is 92.2 cm³/mol. The number of hydrogen-bond donors (Lipinski definition) is 1. The number of benzene rings is 1. The molecule has 0 spiro atoms. The molecule has 2 aromatic rings. The molecule has 23 heavy (non-hydrogen) atoms. The topological polar surface area (TPSA) is 57.8 Å². The van der Waals surface area contributed by atoms with Crippen LogP contribution in [0.5, 0.6) is 0 Å². The fourth-order valence-corrected chi connectivity index (χ4v) is 3.47. The lowest BCUT2D eigenvalue weighted by Gasteiger charge is -2.20. The van der Waals surface area contributed by atoms with Crippen LogP contribution >= 0.6 is 11.6 Å². The molecule has 1 aromatic carbocycles. The molecular weight excluding hydrogens is 310 g/mol. The Hall–Kier alpha value is -2.25. The lowest BCUT2D eigenvalue weighted by atomic mass is 9.90. The monoisotopic (exact) mass is 327 g/mol. The summed E-state index contributed by atoms with van der Waals surface area (Å²) >= 11 is 5.94. The Morgan fingerprint density at radius 2 is 2.09 bits per heavy atom. The van der Waals surface area contributed by atoms with Crippen molar-refractivity contribution in [3.63, 3.8) is 0 Å². The third-order valence-corrected chi connectivity index (χ3v) is 4.66. The third-order valence-electron chi connectivity index (χ3n) is 4.42. The molecule has 0 unspecified atom stereocenters. The molecular formula is C18H18ClN3O. The number of nitrogens with one attached hydrogen (secondary N) is 1. The van der Waals surface area contributed by atoms with Crippen molar-refractivity contribution in [2.75, 3.05) is 11.9 Å². The maximum Gasteiger partial charge on any atom is 0.254 e. The van der Waals surface area contributed by atoms with E-state index in [-0.39, 0.29) is 11.0 Å². The molecule has 1 N–H and O–H groups in total. The Morgan fingerprint density at radius 3 is 2.78 bits per heavy atom. The van der Waals surface area contributed by atoms with Crippen LogP contribution in [-0.2, 0) is 18.9 Å². The summed E-state index contributed by atoms with van der Waals surface area (Å²) in [5.41, 5.74) is 3.94. The average Bonchev–Trinajstić information content (AvgIpc) is 2.81. The number of halogens is 1. The van der Waals surface area contributed by atoms with Crippen LogP contribution in [0.1, 0.15) is 36.2 Å². The molecule has 118 valence electrons. The molecule has 5 heteroatoms. The van der Waals surface area contributed by atoms with Gasteiger partial charge in [-0.2, -0.15) is 5.26 Å². The lowest BCUT2D eigenvalue weighted by molar-refractivity contribution is 0.535. The minimum absolute atomic E-state index is 0.0145. The smallest absolute Gasteiger partial charge is 0.254 e. The summed E-state index contributed by atoms with van der Waals surface area (Å²) in [6.07, 6.45) is 0.419. The number of hydrogen-bond acceptors (Lipinski definition) is 3. The van der Waals surface area contributed by atoms with E-state index in [4.69, 9.17) is 11.6 Å². The summed E-state index contributed by atoms with van der Waals surface area (Å²) in [7, 11) is 1.81. The highest BCUT2D eigenvalue weighted by atomic mass is 35.5. The van der Waals surface area contributed by atoms with Gasteiger partial charge in [0.25, 0.3) is 5.56 Å². The molecule has 0 bridgehead atoms. The van der Waals surface area contributed by atoms with Crippen molar-refractivity contribution in [1.82, 2.24) is 4.57 Å². The summed E-state index contributed by atoms with van der Waals surface area (Å²) < 4.78 is 1.73. The van der Waals surface area contributed by atoms with E-state index in [1.807, 2.05) is 19.2 Å². The second-order valence-electron chi connectivity index (χ2n) is 6.62. The van der Waals surface area contributed by atoms with Gasteiger partial charge in [0.15, 0.2) is 0 Å². The van der Waals surface area contributed by atoms with Crippen LogP contribution in [0.2, 0.25) is 5.02 Å². The van der Waals surface area contributed by atoms with Crippen molar-refractivity contribution in [1.29, 1.82) is 5.26 Å². The third kappa shape index (κ3) is 2.62. The Bertz CT molecular complexity index is 890. The zero-order valence-corrected chi connectivity index (χ0v) is 14.2. The van der Waals surface area contributed by atoms with Crippen LogP contribution in [0, 0.1) is 11.3 Å². The first kappa shape index (κ1) is 15.6. The van der Waals surface area contributed by atoms with E-state index < -0.39 is 0 Å². The van der Waals surface area contributed by atoms with Gasteiger partial charge in [0.2, 0.25) is 0 Å². The Balaban J connectivity index is 2.09. The van der Waals surface area contributed by atoms with Gasteiger partial charge in [-0.25, -0.2) is 0 Å². The van der Waals surface area contributed by atoms with Gasteiger partial charge in [-0.1, -0.05) is 31.5 Å². The van der Waals surface area contributed by atoms with E-state index >= 15 is 0 Å². The van der Waals surface area contributed by atoms with Crippen molar-refractivity contribution in [2.45, 2.75) is 25.7 Å². The Kier molecular flexibility index (Phi) is 3.69. The fourth-order valence-electron chi connectivity index (χ4n) is 3.29. The van der Waals surface area contributed by atoms with Crippen LogP contribution < -0.4 is 10.9 Å². The number of pyridine rings is 1. The van der Waals surface area contributed by atoms with Crippen molar-refractivity contribution in [3.05, 3.63) is 62.0 Å². The minimum atomic E-state index is -0.0696. The van der Waals surface area contributed by atoms with Crippen LogP contribution in [0.3, 0.4) is 0 Å². The standard InChI is InChI=1S/C18H18ClN3O/c1-18(2)10-21-15-8-12(17(23)22(3)16(15)18)6-11-4-5-14(19)7-13(11)9-20/h4-5,7-8,21H,6,10H2,1-3H3. The molecule has 0 saturated heterocycles. The molecule has 0 atom stereocenters. The molecule has 0 radical (unpaired) electrons. The van der Waals surface area contributed by atoms with Gasteiger partial charge in [-0.3, -0.25) is 4.79 Å². The molecule has 1 aliphatic rings. The first-order valence-corrected chi connectivity index (χ1v) is 7.87. The maximum absolute atomic E-state index is 12.7. The van der Waals surface area contributed by atoms with Gasteiger partial charge < -0.3 is 9.88 Å². The number of nitriles is 1. The highest BCUT2D eigenvalue weighted by Crippen LogP contribution is 2.35. The van der Waals surface area contributed by atoms with Crippen molar-refractivity contribution in [2.24, 2.45) is 7.05 Å². The number of fused-ring (bicyclic) bond motifs is 1. The van der Waals surface area contributed by atoms with E-state index in [2.05, 4.69) is 25.2 Å². The van der Waals surface area contributed by atoms with E-state index in [9.17, 15) is 10.1 Å². The number of aromatic nitrogens is 1. The highest BCUT2D eigenvalue weighted by Gasteiger charge is 2.33. The first-order chi connectivity index (χ1) is 10.8. The average molecular weight is 328 g/mol. The lowest BCUT2D eigenvalue weighted by Crippen LogP contribution is -2.30. The van der Waals surface area contributed by atoms with Crippen LogP contribution in [0.4, 0.5) is 5.69 Å². The first-order valence-electron chi connectivity index (χ1n) is 7.49. The van der Waals surface area contributed by atoms with E-state index in [1.54, 1.807) is 16.7 Å². The van der Waals surface area contributed by atoms with E-state index in [0.717, 1.165) is 23.5 Å². The minimum Gasteiger partial charge on any atom is -0.383 e. The van der Waals surface area contributed by atoms with Crippen molar-refractivity contribution >= 4 is 17.3 Å². The van der Waals surface area contributed by atoms with Crippen LogP contribution in [0.25, 0.3) is 0 Å². The van der Waals surface area contributed by atoms with E-state index in [0.29, 0.717) is 22.6 Å². The molecule has 0 aliphatic carbocycles. The normalized spacial score (nSPS) is 14.9. The molecule has 4 nitrogen and oxygen atoms in total. The molecule has 0 fully saturated rings. The summed E-state index contributed by atoms with van der Waals surface area (Å²) in [4.78, 5) is 12.7. The van der Waals surface area contributed by atoms with Crippen molar-refractivity contribution < 1.29 is 0 Å². The summed E-state index contributed by atoms with van der Waals surface area (Å²) in [5, 5.41) is 13.2. The zero-order valence-electron chi connectivity index (χ0n) is 13.4. The Morgan fingerprint density at radius 1 is 1.35 bits per heavy atom. The molecule has 2 heterocycles. The largest absolute Gasteiger partial charge is 0.383 e. The fraction of sp³-hybridized carbons (Fsp3) is 0.333. The SMILES string of the molecule is Cn1c2c(cc(Cc3ccc(Cl)cc3C#N)c1=O)NCC2(C)C. The second kappa shape index (κ2) is 5.43. The van der Waals surface area contributed by atoms with Gasteiger partial charge in [-0.15, -0.1) is 0 Å². The van der Waals surface area contributed by atoms with Crippen molar-refractivity contribution in [3.8, 4) is 6.07 Å². The summed E-state index contributed by atoms with van der Waals surface area (Å²) in [6.45, 7) is 5.05. The van der Waals surface area contributed by atoms with E-state index in [1.165, 1.54) is 0 Å². The molecule has 1 aromatic heterocycles. The summed E-state index contributed by atoms with van der Waals surface area (Å²) in [5.74, 6) is 0. The second-order valence-corrected chi connectivity index (χ2v) is 7.06. The number of rotatable bonds is 2. The van der Waals surface area contributed by atoms with Gasteiger partial charge in [-0.05, 0) is 23.8 Å². The molecule has 0 saturated carbocycles. The maximum atomic E-state index is 12.7. The molecule has 0 amide bonds. The zero-order chi connectivity index (χ0) is 16.8. The Labute approximate surface area is 140 Å². The number of nitrogens with zero attached hydrogens (tertiary/aromatic N) is 2. The van der Waals surface area contributed by atoms with Crippen LogP contribution in [-0.4, -0.2) is 11.1 Å². The van der Waals surface area contributed by atoms with Gasteiger partial charge in [0.05, 0.1) is 23.0 Å². The number of anilines is 1. The van der Waals surface area contributed by atoms with Gasteiger partial charge in [0.1, 0.15) is 0 Å². The van der Waals surface area contributed by atoms with Gasteiger partial charge in [0, 0.05) is 36.0 Å². The predicted octanol–water partition coefficient (Wildman–Crippen LogP) is 3.20. The molecule has 3 rings (SSSR count). The van der Waals surface area contributed by atoms with Crippen LogP contribution in [0.15, 0.2) is 29.1 Å². The summed E-state index contributed by atoms with van der Waals surface area (Å²) in [6, 6.07) is 9.26. The quantitative estimate of drug-likeness (QED) is 0.921. The van der Waals surface area contributed by atoms with Gasteiger partial charge >= 0.3 is 0 Å². The molecule has 1 aliphatic heterocycles. The highest BCUT2D eigenvalue weighted by molar-refractivity contribution is 6.30.